The topological polar surface area (TPSA) is 154 Å². The van der Waals surface area contributed by atoms with E-state index < -0.39 is 11.9 Å². The van der Waals surface area contributed by atoms with Crippen molar-refractivity contribution in [1.29, 1.82) is 0 Å². The SMILES string of the molecule is CCc1cccc2cc(O)cc(-c3ncc4c(N5CC6CCC(C5)N6)nc(N5CC(N6CCC7(CC6)CC(CN6CCN(c8ccc9c(c8)CN([C@H]8CCC(=O)NC8=O)C9=O)CC6)C7)C5)nc4c3F)c12. The summed E-state index contributed by atoms with van der Waals surface area (Å²) >= 11 is 0. The summed E-state index contributed by atoms with van der Waals surface area (Å²) in [5.74, 6) is 0.901. The number of halogens is 1. The number of amides is 3. The van der Waals surface area contributed by atoms with Crippen LogP contribution in [0.1, 0.15) is 79.8 Å². The highest BCUT2D eigenvalue weighted by atomic mass is 19.1. The van der Waals surface area contributed by atoms with Crippen molar-refractivity contribution in [3.8, 4) is 17.0 Å². The average molecular weight is 948 g/mol. The number of benzene rings is 3. The van der Waals surface area contributed by atoms with Crippen molar-refractivity contribution < 1.29 is 23.9 Å². The van der Waals surface area contributed by atoms with Crippen molar-refractivity contribution >= 4 is 56.9 Å². The van der Waals surface area contributed by atoms with E-state index in [1.54, 1.807) is 23.2 Å². The summed E-state index contributed by atoms with van der Waals surface area (Å²) in [7, 11) is 0. The van der Waals surface area contributed by atoms with Gasteiger partial charge in [0.2, 0.25) is 17.8 Å². The van der Waals surface area contributed by atoms with Gasteiger partial charge < -0.3 is 30.0 Å². The molecule has 364 valence electrons. The fourth-order valence-electron chi connectivity index (χ4n) is 13.8. The normalized spacial score (nSPS) is 25.3. The van der Waals surface area contributed by atoms with Gasteiger partial charge in [-0.25, -0.2) is 9.37 Å². The van der Waals surface area contributed by atoms with Crippen molar-refractivity contribution in [2.24, 2.45) is 11.3 Å². The van der Waals surface area contributed by atoms with Gasteiger partial charge in [0.05, 0.1) is 5.39 Å². The van der Waals surface area contributed by atoms with Crippen LogP contribution in [0.4, 0.5) is 21.8 Å². The number of piperazine rings is 2. The van der Waals surface area contributed by atoms with Crippen LogP contribution in [0.15, 0.2) is 54.7 Å². The summed E-state index contributed by atoms with van der Waals surface area (Å²) < 4.78 is 17.2. The number of nitrogens with zero attached hydrogens (tertiary/aromatic N) is 9. The molecule has 7 fully saturated rings. The summed E-state index contributed by atoms with van der Waals surface area (Å²) in [6.45, 7) is 13.1. The van der Waals surface area contributed by atoms with Crippen LogP contribution < -0.4 is 25.3 Å². The molecular weight excluding hydrogens is 886 g/mol. The molecule has 1 spiro atoms. The molecule has 0 radical (unpaired) electrons. The minimum Gasteiger partial charge on any atom is -0.508 e. The number of rotatable bonds is 9. The molecule has 3 aromatic carbocycles. The van der Waals surface area contributed by atoms with Crippen LogP contribution in [-0.2, 0) is 22.6 Å². The summed E-state index contributed by atoms with van der Waals surface area (Å²) in [5.41, 5.74) is 5.33. The zero-order valence-electron chi connectivity index (χ0n) is 40.0. The van der Waals surface area contributed by atoms with Gasteiger partial charge in [0.15, 0.2) is 5.82 Å². The Kier molecular flexibility index (Phi) is 10.8. The van der Waals surface area contributed by atoms with E-state index in [0.29, 0.717) is 59.0 Å². The molecule has 8 aliphatic rings. The van der Waals surface area contributed by atoms with Gasteiger partial charge in [0.25, 0.3) is 5.91 Å². The van der Waals surface area contributed by atoms with E-state index in [4.69, 9.17) is 15.0 Å². The first-order valence-electron chi connectivity index (χ1n) is 25.9. The third-order valence-corrected chi connectivity index (χ3v) is 17.6. The Morgan fingerprint density at radius 2 is 1.63 bits per heavy atom. The Labute approximate surface area is 407 Å². The predicted octanol–water partition coefficient (Wildman–Crippen LogP) is 5.46. The lowest BCUT2D eigenvalue weighted by molar-refractivity contribution is -0.136. The van der Waals surface area contributed by atoms with Crippen LogP contribution in [0.5, 0.6) is 5.75 Å². The Balaban J connectivity index is 0.632. The number of nitrogens with one attached hydrogen (secondary N) is 2. The molecule has 15 nitrogen and oxygen atoms in total. The molecule has 13 rings (SSSR count). The van der Waals surface area contributed by atoms with Crippen LogP contribution in [0, 0.1) is 17.2 Å². The highest BCUT2D eigenvalue weighted by molar-refractivity contribution is 6.06. The largest absolute Gasteiger partial charge is 0.508 e. The second-order valence-corrected chi connectivity index (χ2v) is 21.8. The quantitative estimate of drug-likeness (QED) is 0.161. The van der Waals surface area contributed by atoms with E-state index >= 15 is 4.39 Å². The minimum absolute atomic E-state index is 0.0783. The van der Waals surface area contributed by atoms with Gasteiger partial charge in [0.1, 0.15) is 28.8 Å². The van der Waals surface area contributed by atoms with E-state index in [0.717, 1.165) is 131 Å². The molecule has 2 unspecified atom stereocenters. The first kappa shape index (κ1) is 44.0. The molecule has 1 aliphatic carbocycles. The van der Waals surface area contributed by atoms with E-state index in [2.05, 4.69) is 54.2 Å². The number of hydrogen-bond donors (Lipinski definition) is 3. The molecule has 1 saturated carbocycles. The van der Waals surface area contributed by atoms with Crippen LogP contribution in [0.2, 0.25) is 0 Å². The molecular formula is C54H62FN11O4. The van der Waals surface area contributed by atoms with Gasteiger partial charge in [-0.15, -0.1) is 0 Å². The second kappa shape index (κ2) is 17.1. The van der Waals surface area contributed by atoms with Gasteiger partial charge >= 0.3 is 0 Å². The Bertz CT molecular complexity index is 2930. The number of carbonyl (C=O) groups is 3. The van der Waals surface area contributed by atoms with Gasteiger partial charge in [-0.05, 0) is 128 Å². The molecule has 3 atom stereocenters. The fourth-order valence-corrected chi connectivity index (χ4v) is 13.8. The molecule has 2 aromatic heterocycles. The second-order valence-electron chi connectivity index (χ2n) is 21.8. The standard InChI is InChI=1S/C54H62FN11O4/c1-2-33-4-3-5-34-21-40(67)22-42(46(33)34)48-47(55)49-43(25-56-48)50(64-28-36-6-7-37(29-64)57-36)60-53(59-49)65-30-39(31-65)62-14-12-54(13-15-62)23-32(24-54)26-61-16-18-63(19-17-61)38-8-9-41-35(20-38)27-66(52(41)70)44-10-11-45(68)58-51(44)69/h3-5,8-9,20-22,25,32,36-37,39,44,57,67H,2,6-7,10-19,23-24,26-31H2,1H3,(H,58,68,69)/t36?,37?,44-/m0/s1. The first-order chi connectivity index (χ1) is 34.0. The molecule has 3 N–H and O–H groups in total. The van der Waals surface area contributed by atoms with Gasteiger partial charge in [-0.1, -0.05) is 25.1 Å². The molecule has 5 aromatic rings. The van der Waals surface area contributed by atoms with E-state index in [1.807, 2.05) is 24.3 Å². The Morgan fingerprint density at radius 3 is 2.39 bits per heavy atom. The summed E-state index contributed by atoms with van der Waals surface area (Å²) in [5, 5.41) is 19.3. The maximum atomic E-state index is 17.2. The maximum Gasteiger partial charge on any atom is 0.255 e. The Hall–Kier alpha value is -5.97. The van der Waals surface area contributed by atoms with Crippen LogP contribution >= 0.6 is 0 Å². The molecule has 9 heterocycles. The van der Waals surface area contributed by atoms with Crippen LogP contribution in [0.3, 0.4) is 0 Å². The number of aromatic hydroxyl groups is 1. The number of carbonyl (C=O) groups excluding carboxylic acids is 3. The number of anilines is 3. The lowest BCUT2D eigenvalue weighted by Gasteiger charge is -2.56. The third-order valence-electron chi connectivity index (χ3n) is 17.6. The van der Waals surface area contributed by atoms with Crippen LogP contribution in [-0.4, -0.2) is 149 Å². The van der Waals surface area contributed by atoms with Crippen molar-refractivity contribution in [2.75, 3.05) is 86.7 Å². The van der Waals surface area contributed by atoms with Gasteiger partial charge in [-0.3, -0.25) is 34.5 Å². The predicted molar refractivity (Wildman–Crippen MR) is 267 cm³/mol. The number of fused-ring (bicyclic) bond motifs is 5. The number of likely N-dealkylation sites (tertiary alicyclic amines) is 1. The number of imide groups is 1. The molecule has 70 heavy (non-hydrogen) atoms. The van der Waals surface area contributed by atoms with E-state index in [9.17, 15) is 19.5 Å². The summed E-state index contributed by atoms with van der Waals surface area (Å²) in [4.78, 5) is 66.4. The number of phenolic OH excluding ortho intramolecular Hbond substituents is 1. The average Bonchev–Trinajstić information content (AvgIpc) is 3.86. The third kappa shape index (κ3) is 7.63. The highest BCUT2D eigenvalue weighted by Gasteiger charge is 2.48. The molecule has 16 heteroatoms. The Morgan fingerprint density at radius 1 is 0.843 bits per heavy atom. The van der Waals surface area contributed by atoms with Crippen LogP contribution in [0.25, 0.3) is 32.9 Å². The first-order valence-corrected chi connectivity index (χ1v) is 25.9. The molecule has 2 bridgehead atoms. The summed E-state index contributed by atoms with van der Waals surface area (Å²) in [6, 6.07) is 16.0. The molecule has 6 saturated heterocycles. The fraction of sp³-hybridized carbons (Fsp3) is 0.519. The molecule has 3 amide bonds. The van der Waals surface area contributed by atoms with Crippen molar-refractivity contribution in [3.05, 3.63) is 77.2 Å². The zero-order chi connectivity index (χ0) is 47.4. The van der Waals surface area contributed by atoms with Gasteiger partial charge in [0, 0.05) is 113 Å². The van der Waals surface area contributed by atoms with Crippen molar-refractivity contribution in [1.82, 2.24) is 40.3 Å². The number of phenols is 1. The monoisotopic (exact) mass is 947 g/mol. The number of aromatic nitrogens is 3. The highest BCUT2D eigenvalue weighted by Crippen LogP contribution is 2.53. The lowest BCUT2D eigenvalue weighted by Crippen LogP contribution is -2.63. The number of aryl methyl sites for hydroxylation is 1. The maximum absolute atomic E-state index is 17.2. The number of pyridine rings is 1. The minimum atomic E-state index is -0.598. The summed E-state index contributed by atoms with van der Waals surface area (Å²) in [6.07, 6.45) is 10.5. The number of hydrogen-bond acceptors (Lipinski definition) is 13. The number of piperidine rings is 2. The van der Waals surface area contributed by atoms with Crippen molar-refractivity contribution in [2.45, 2.75) is 95.4 Å². The van der Waals surface area contributed by atoms with E-state index in [1.165, 1.54) is 25.7 Å². The molecule has 7 aliphatic heterocycles. The smallest absolute Gasteiger partial charge is 0.255 e. The van der Waals surface area contributed by atoms with Crippen molar-refractivity contribution in [3.63, 3.8) is 0 Å². The zero-order valence-corrected chi connectivity index (χ0v) is 40.0. The van der Waals surface area contributed by atoms with Gasteiger partial charge in [-0.2, -0.15) is 4.98 Å². The lowest BCUT2D eigenvalue weighted by atomic mass is 9.57. The van der Waals surface area contributed by atoms with E-state index in [-0.39, 0.29) is 41.1 Å².